The minimum atomic E-state index is 0.242. The van der Waals surface area contributed by atoms with Crippen LogP contribution in [-0.4, -0.2) is 11.1 Å². The lowest BCUT2D eigenvalue weighted by molar-refractivity contribution is 0.322. The second-order valence-electron chi connectivity index (χ2n) is 6.06. The molecule has 114 valence electrons. The van der Waals surface area contributed by atoms with Crippen molar-refractivity contribution in [3.63, 3.8) is 0 Å². The second-order valence-corrected chi connectivity index (χ2v) is 6.06. The van der Waals surface area contributed by atoms with Crippen LogP contribution in [0.3, 0.4) is 0 Å². The molecule has 0 aliphatic rings. The van der Waals surface area contributed by atoms with Crippen LogP contribution in [-0.2, 0) is 0 Å². The van der Waals surface area contributed by atoms with E-state index in [-0.39, 0.29) is 5.92 Å². The van der Waals surface area contributed by atoms with Gasteiger partial charge >= 0.3 is 0 Å². The molecule has 0 saturated carbocycles. The molecule has 2 aromatic rings. The van der Waals surface area contributed by atoms with Crippen LogP contribution in [0.5, 0.6) is 0 Å². The second kappa shape index (κ2) is 7.11. The van der Waals surface area contributed by atoms with Crippen LogP contribution in [0.2, 0.25) is 0 Å². The van der Waals surface area contributed by atoms with Gasteiger partial charge in [-0.3, -0.25) is 0 Å². The molecule has 0 aliphatic carbocycles. The molecule has 2 aromatic carbocycles. The molecule has 0 atom stereocenters. The molecule has 0 unspecified atom stereocenters. The van der Waals surface area contributed by atoms with Crippen LogP contribution < -0.4 is 0 Å². The third kappa shape index (κ3) is 4.09. The number of aryl methyl sites for hydroxylation is 4. The average Bonchev–Trinajstić information content (AvgIpc) is 2.41. The standard InChI is InChI=1S/C20H23NO/c1-14-8-15(2)11-18(10-14)20(6-5-7-21-22)19-12-16(3)9-17(4)13-19/h5,8-13,20,22H,6H2,1-4H3. The third-order valence-electron chi connectivity index (χ3n) is 3.80. The van der Waals surface area contributed by atoms with Gasteiger partial charge < -0.3 is 5.21 Å². The van der Waals surface area contributed by atoms with E-state index < -0.39 is 0 Å². The van der Waals surface area contributed by atoms with Crippen LogP contribution in [0.1, 0.15) is 45.7 Å². The zero-order valence-corrected chi connectivity index (χ0v) is 13.7. The van der Waals surface area contributed by atoms with Gasteiger partial charge in [0.05, 0.1) is 0 Å². The maximum absolute atomic E-state index is 8.58. The van der Waals surface area contributed by atoms with Crippen molar-refractivity contribution in [3.8, 4) is 0 Å². The highest BCUT2D eigenvalue weighted by molar-refractivity contribution is 5.51. The summed E-state index contributed by atoms with van der Waals surface area (Å²) >= 11 is 0. The van der Waals surface area contributed by atoms with E-state index in [1.807, 2.05) is 0 Å². The molecule has 0 aromatic heterocycles. The summed E-state index contributed by atoms with van der Waals surface area (Å²) in [5, 5.41) is 11.5. The minimum absolute atomic E-state index is 0.242. The molecule has 2 heteroatoms. The lowest BCUT2D eigenvalue weighted by atomic mass is 9.85. The first-order valence-corrected chi connectivity index (χ1v) is 7.57. The minimum Gasteiger partial charge on any atom is -0.404 e. The van der Waals surface area contributed by atoms with E-state index in [4.69, 9.17) is 5.21 Å². The van der Waals surface area contributed by atoms with E-state index >= 15 is 0 Å². The van der Waals surface area contributed by atoms with Crippen molar-refractivity contribution in [2.24, 2.45) is 5.16 Å². The molecule has 2 rings (SSSR count). The molecule has 0 spiro atoms. The first-order chi connectivity index (χ1) is 10.5. The summed E-state index contributed by atoms with van der Waals surface area (Å²) in [5.74, 6) is 2.77. The van der Waals surface area contributed by atoms with E-state index in [1.165, 1.54) is 33.4 Å². The quantitative estimate of drug-likeness (QED) is 0.477. The van der Waals surface area contributed by atoms with E-state index in [1.54, 1.807) is 6.08 Å². The maximum Gasteiger partial charge on any atom is 0.0239 e. The van der Waals surface area contributed by atoms with Gasteiger partial charge in [-0.2, -0.15) is 0 Å². The molecule has 0 aliphatic heterocycles. The van der Waals surface area contributed by atoms with Crippen molar-refractivity contribution < 1.29 is 5.21 Å². The Labute approximate surface area is 132 Å². The Bertz CT molecular complexity index is 632. The summed E-state index contributed by atoms with van der Waals surface area (Å²) in [5.41, 5.74) is 7.65. The Hall–Kier alpha value is -2.31. The van der Waals surface area contributed by atoms with Gasteiger partial charge in [-0.15, -0.1) is 0 Å². The molecule has 0 heterocycles. The molecule has 1 N–H and O–H groups in total. The van der Waals surface area contributed by atoms with E-state index in [0.29, 0.717) is 0 Å². The van der Waals surface area contributed by atoms with Gasteiger partial charge in [0.2, 0.25) is 0 Å². The zero-order chi connectivity index (χ0) is 16.1. The van der Waals surface area contributed by atoms with Crippen LogP contribution in [0.25, 0.3) is 0 Å². The fraction of sp³-hybridized carbons (Fsp3) is 0.300. The van der Waals surface area contributed by atoms with Gasteiger partial charge in [0.1, 0.15) is 0 Å². The van der Waals surface area contributed by atoms with Crippen molar-refractivity contribution in [2.45, 2.75) is 40.0 Å². The van der Waals surface area contributed by atoms with Crippen LogP contribution >= 0.6 is 0 Å². The molecule has 0 bridgehead atoms. The fourth-order valence-corrected chi connectivity index (χ4v) is 3.10. The van der Waals surface area contributed by atoms with Gasteiger partial charge in [0, 0.05) is 11.8 Å². The lowest BCUT2D eigenvalue weighted by Crippen LogP contribution is -2.02. The highest BCUT2D eigenvalue weighted by atomic mass is 16.4. The largest absolute Gasteiger partial charge is 0.404 e. The molecule has 22 heavy (non-hydrogen) atoms. The SMILES string of the molecule is Cc1cc(C)cc(C(CC=C=NO)c2cc(C)cc(C)c2)c1. The van der Waals surface area contributed by atoms with Crippen LogP contribution in [0.4, 0.5) is 0 Å². The first kappa shape index (κ1) is 16.1. The zero-order valence-electron chi connectivity index (χ0n) is 13.7. The predicted molar refractivity (Wildman–Crippen MR) is 92.1 cm³/mol. The Morgan fingerprint density at radius 2 is 1.27 bits per heavy atom. The fourth-order valence-electron chi connectivity index (χ4n) is 3.10. The Morgan fingerprint density at radius 3 is 1.64 bits per heavy atom. The summed E-state index contributed by atoms with van der Waals surface area (Å²) in [7, 11) is 0. The van der Waals surface area contributed by atoms with Gasteiger partial charge in [0.15, 0.2) is 0 Å². The summed E-state index contributed by atoms with van der Waals surface area (Å²) in [6.07, 6.45) is 2.55. The van der Waals surface area contributed by atoms with Crippen molar-refractivity contribution in [1.82, 2.24) is 0 Å². The van der Waals surface area contributed by atoms with Crippen LogP contribution in [0.15, 0.2) is 47.6 Å². The van der Waals surface area contributed by atoms with Gasteiger partial charge in [0.25, 0.3) is 0 Å². The number of hydrogen-bond acceptors (Lipinski definition) is 2. The molecule has 0 fully saturated rings. The van der Waals surface area contributed by atoms with Crippen molar-refractivity contribution >= 4 is 5.87 Å². The van der Waals surface area contributed by atoms with Crippen molar-refractivity contribution in [2.75, 3.05) is 0 Å². The first-order valence-electron chi connectivity index (χ1n) is 7.57. The molecule has 0 amide bonds. The van der Waals surface area contributed by atoms with Gasteiger partial charge in [-0.25, -0.2) is 0 Å². The van der Waals surface area contributed by atoms with Crippen LogP contribution in [0, 0.1) is 27.7 Å². The molecule has 0 saturated heterocycles. The lowest BCUT2D eigenvalue weighted by Gasteiger charge is -2.19. The number of rotatable bonds is 4. The van der Waals surface area contributed by atoms with Gasteiger partial charge in [-0.05, 0) is 56.5 Å². The normalized spacial score (nSPS) is 10.4. The van der Waals surface area contributed by atoms with Crippen molar-refractivity contribution in [1.29, 1.82) is 0 Å². The average molecular weight is 293 g/mol. The molecular weight excluding hydrogens is 270 g/mol. The summed E-state index contributed by atoms with van der Waals surface area (Å²) in [4.78, 5) is 0. The smallest absolute Gasteiger partial charge is 0.0239 e. The Morgan fingerprint density at radius 1 is 0.864 bits per heavy atom. The Balaban J connectivity index is 2.52. The topological polar surface area (TPSA) is 32.6 Å². The molecular formula is C20H23NO. The predicted octanol–water partition coefficient (Wildman–Crippen LogP) is 5.06. The van der Waals surface area contributed by atoms with E-state index in [2.05, 4.69) is 75.1 Å². The highest BCUT2D eigenvalue weighted by Crippen LogP contribution is 2.31. The number of hydrogen-bond donors (Lipinski definition) is 1. The van der Waals surface area contributed by atoms with Crippen molar-refractivity contribution in [3.05, 3.63) is 75.9 Å². The summed E-state index contributed by atoms with van der Waals surface area (Å²) in [6, 6.07) is 13.3. The summed E-state index contributed by atoms with van der Waals surface area (Å²) in [6.45, 7) is 8.50. The Kier molecular flexibility index (Phi) is 5.19. The third-order valence-corrected chi connectivity index (χ3v) is 3.80. The van der Waals surface area contributed by atoms with Gasteiger partial charge in [-0.1, -0.05) is 58.7 Å². The molecule has 0 radical (unpaired) electrons. The number of allylic oxidation sites excluding steroid dienone is 1. The summed E-state index contributed by atoms with van der Waals surface area (Å²) < 4.78 is 0. The van der Waals surface area contributed by atoms with E-state index in [0.717, 1.165) is 6.42 Å². The maximum atomic E-state index is 8.58. The molecule has 2 nitrogen and oxygen atoms in total. The monoisotopic (exact) mass is 293 g/mol. The number of nitrogens with zero attached hydrogens (tertiary/aromatic N) is 1. The highest BCUT2D eigenvalue weighted by Gasteiger charge is 2.14. The van der Waals surface area contributed by atoms with E-state index in [9.17, 15) is 0 Å². The number of benzene rings is 2.